The van der Waals surface area contributed by atoms with Crippen LogP contribution in [0.3, 0.4) is 0 Å². The lowest BCUT2D eigenvalue weighted by Crippen LogP contribution is -2.26. The van der Waals surface area contributed by atoms with Crippen molar-refractivity contribution in [3.8, 4) is 0 Å². The van der Waals surface area contributed by atoms with Crippen LogP contribution >= 0.6 is 11.6 Å². The Morgan fingerprint density at radius 3 is 2.76 bits per heavy atom. The smallest absolute Gasteiger partial charge is 0.333 e. The number of hydrogen-bond acceptors (Lipinski definition) is 2. The van der Waals surface area contributed by atoms with E-state index in [1.807, 2.05) is 26.0 Å². The van der Waals surface area contributed by atoms with Crippen molar-refractivity contribution >= 4 is 17.6 Å². The van der Waals surface area contributed by atoms with E-state index in [1.165, 1.54) is 0 Å². The van der Waals surface area contributed by atoms with Crippen LogP contribution in [0.2, 0.25) is 5.02 Å². The third-order valence-electron chi connectivity index (χ3n) is 2.46. The van der Waals surface area contributed by atoms with E-state index in [0.29, 0.717) is 18.1 Å². The number of aliphatic carboxylic acids is 1. The lowest BCUT2D eigenvalue weighted by atomic mass is 10.1. The van der Waals surface area contributed by atoms with Crippen LogP contribution in [0.1, 0.15) is 24.5 Å². The first-order chi connectivity index (χ1) is 8.04. The summed E-state index contributed by atoms with van der Waals surface area (Å²) in [7, 11) is 0. The fourth-order valence-corrected chi connectivity index (χ4v) is 1.66. The van der Waals surface area contributed by atoms with E-state index in [9.17, 15) is 4.79 Å². The highest BCUT2D eigenvalue weighted by Gasteiger charge is 2.18. The van der Waals surface area contributed by atoms with Gasteiger partial charge >= 0.3 is 5.97 Å². The average Bonchev–Trinajstić information content (AvgIpc) is 2.28. The molecule has 1 unspecified atom stereocenters. The maximum Gasteiger partial charge on any atom is 0.333 e. The van der Waals surface area contributed by atoms with Crippen molar-refractivity contribution in [1.29, 1.82) is 0 Å². The third kappa shape index (κ3) is 4.36. The molecule has 0 amide bonds. The van der Waals surface area contributed by atoms with Crippen molar-refractivity contribution in [2.75, 3.05) is 6.61 Å². The zero-order valence-electron chi connectivity index (χ0n) is 10.1. The standard InChI is InChI=1S/C13H17ClO3/c1-3-6-17-12(13(15)16)8-10-5-4-9(2)11(14)7-10/h4-5,7,12H,3,6,8H2,1-2H3,(H,15,16). The minimum atomic E-state index is -0.935. The van der Waals surface area contributed by atoms with Gasteiger partial charge in [-0.1, -0.05) is 30.7 Å². The second kappa shape index (κ2) is 6.62. The lowest BCUT2D eigenvalue weighted by molar-refractivity contribution is -0.150. The van der Waals surface area contributed by atoms with E-state index in [0.717, 1.165) is 17.5 Å². The Morgan fingerprint density at radius 1 is 1.53 bits per heavy atom. The monoisotopic (exact) mass is 256 g/mol. The second-order valence-corrected chi connectivity index (χ2v) is 4.39. The van der Waals surface area contributed by atoms with Gasteiger partial charge in [-0.15, -0.1) is 0 Å². The second-order valence-electron chi connectivity index (χ2n) is 3.99. The van der Waals surface area contributed by atoms with Gasteiger partial charge in [0.15, 0.2) is 6.10 Å². The summed E-state index contributed by atoms with van der Waals surface area (Å²) in [4.78, 5) is 11.0. The predicted octanol–water partition coefficient (Wildman–Crippen LogP) is 3.07. The highest BCUT2D eigenvalue weighted by atomic mass is 35.5. The largest absolute Gasteiger partial charge is 0.479 e. The Kier molecular flexibility index (Phi) is 5.45. The molecule has 1 rings (SSSR count). The summed E-state index contributed by atoms with van der Waals surface area (Å²) in [5.74, 6) is -0.935. The molecule has 0 aliphatic rings. The van der Waals surface area contributed by atoms with Gasteiger partial charge in [-0.2, -0.15) is 0 Å². The highest BCUT2D eigenvalue weighted by Crippen LogP contribution is 2.18. The van der Waals surface area contributed by atoms with Gasteiger partial charge in [0.25, 0.3) is 0 Å². The van der Waals surface area contributed by atoms with Crippen LogP contribution in [0.5, 0.6) is 0 Å². The van der Waals surface area contributed by atoms with E-state index in [-0.39, 0.29) is 0 Å². The Hall–Kier alpha value is -1.06. The summed E-state index contributed by atoms with van der Waals surface area (Å²) in [6.07, 6.45) is 0.349. The minimum absolute atomic E-state index is 0.343. The number of halogens is 1. The molecule has 0 saturated carbocycles. The Labute approximate surface area is 106 Å². The summed E-state index contributed by atoms with van der Waals surface area (Å²) in [6.45, 7) is 4.31. The number of carboxylic acids is 1. The first-order valence-corrected chi connectivity index (χ1v) is 6.01. The van der Waals surface area contributed by atoms with Crippen LogP contribution in [0.25, 0.3) is 0 Å². The number of carbonyl (C=O) groups is 1. The zero-order valence-corrected chi connectivity index (χ0v) is 10.8. The summed E-state index contributed by atoms with van der Waals surface area (Å²) in [5, 5.41) is 9.68. The van der Waals surface area contributed by atoms with Gasteiger partial charge in [0, 0.05) is 18.1 Å². The molecule has 0 radical (unpaired) electrons. The molecule has 1 aromatic rings. The van der Waals surface area contributed by atoms with E-state index < -0.39 is 12.1 Å². The number of hydrogen-bond donors (Lipinski definition) is 1. The summed E-state index contributed by atoms with van der Waals surface area (Å²) in [5.41, 5.74) is 1.86. The number of rotatable bonds is 6. The van der Waals surface area contributed by atoms with Crippen molar-refractivity contribution in [3.63, 3.8) is 0 Å². The van der Waals surface area contributed by atoms with Crippen LogP contribution < -0.4 is 0 Å². The summed E-state index contributed by atoms with van der Waals surface area (Å²) < 4.78 is 5.28. The molecule has 1 aromatic carbocycles. The van der Waals surface area contributed by atoms with Gasteiger partial charge < -0.3 is 9.84 Å². The fourth-order valence-electron chi connectivity index (χ4n) is 1.46. The Bertz CT molecular complexity index is 390. The molecule has 17 heavy (non-hydrogen) atoms. The third-order valence-corrected chi connectivity index (χ3v) is 2.86. The van der Waals surface area contributed by atoms with Crippen molar-refractivity contribution in [3.05, 3.63) is 34.3 Å². The zero-order chi connectivity index (χ0) is 12.8. The van der Waals surface area contributed by atoms with Gasteiger partial charge in [-0.25, -0.2) is 4.79 Å². The van der Waals surface area contributed by atoms with Crippen LogP contribution in [0.15, 0.2) is 18.2 Å². The number of aryl methyl sites for hydroxylation is 1. The van der Waals surface area contributed by atoms with E-state index in [2.05, 4.69) is 0 Å². The van der Waals surface area contributed by atoms with Crippen molar-refractivity contribution in [2.45, 2.75) is 32.8 Å². The fraction of sp³-hybridized carbons (Fsp3) is 0.462. The van der Waals surface area contributed by atoms with Gasteiger partial charge in [-0.05, 0) is 30.5 Å². The molecule has 4 heteroatoms. The topological polar surface area (TPSA) is 46.5 Å². The molecule has 0 bridgehead atoms. The van der Waals surface area contributed by atoms with Crippen molar-refractivity contribution in [1.82, 2.24) is 0 Å². The van der Waals surface area contributed by atoms with Crippen LogP contribution in [-0.4, -0.2) is 23.8 Å². The molecule has 3 nitrogen and oxygen atoms in total. The predicted molar refractivity (Wildman–Crippen MR) is 67.6 cm³/mol. The van der Waals surface area contributed by atoms with E-state index in [1.54, 1.807) is 6.07 Å². The Morgan fingerprint density at radius 2 is 2.24 bits per heavy atom. The Balaban J connectivity index is 2.71. The molecule has 0 fully saturated rings. The minimum Gasteiger partial charge on any atom is -0.479 e. The summed E-state index contributed by atoms with van der Waals surface area (Å²) >= 11 is 5.99. The van der Waals surface area contributed by atoms with Gasteiger partial charge in [0.2, 0.25) is 0 Å². The number of ether oxygens (including phenoxy) is 1. The molecule has 0 aliphatic heterocycles. The maximum absolute atomic E-state index is 11.0. The lowest BCUT2D eigenvalue weighted by Gasteiger charge is -2.13. The molecule has 0 heterocycles. The summed E-state index contributed by atoms with van der Waals surface area (Å²) in [6, 6.07) is 5.56. The molecule has 1 atom stereocenters. The van der Waals surface area contributed by atoms with E-state index >= 15 is 0 Å². The first-order valence-electron chi connectivity index (χ1n) is 5.64. The van der Waals surface area contributed by atoms with Crippen molar-refractivity contribution < 1.29 is 14.6 Å². The first kappa shape index (κ1) is 14.0. The van der Waals surface area contributed by atoms with Crippen LogP contribution in [0, 0.1) is 6.92 Å². The number of benzene rings is 1. The number of carboxylic acid groups (broad SMARTS) is 1. The molecule has 0 spiro atoms. The highest BCUT2D eigenvalue weighted by molar-refractivity contribution is 6.31. The maximum atomic E-state index is 11.0. The van der Waals surface area contributed by atoms with Gasteiger partial charge in [-0.3, -0.25) is 0 Å². The van der Waals surface area contributed by atoms with Gasteiger partial charge in [0.05, 0.1) is 0 Å². The average molecular weight is 257 g/mol. The molecule has 0 aliphatic carbocycles. The molecule has 1 N–H and O–H groups in total. The molecule has 0 aromatic heterocycles. The van der Waals surface area contributed by atoms with Crippen LogP contribution in [0.4, 0.5) is 0 Å². The normalized spacial score (nSPS) is 12.4. The quantitative estimate of drug-likeness (QED) is 0.851. The van der Waals surface area contributed by atoms with Gasteiger partial charge in [0.1, 0.15) is 0 Å². The van der Waals surface area contributed by atoms with Crippen LogP contribution in [-0.2, 0) is 16.0 Å². The molecule has 94 valence electrons. The van der Waals surface area contributed by atoms with E-state index in [4.69, 9.17) is 21.4 Å². The SMILES string of the molecule is CCCOC(Cc1ccc(C)c(Cl)c1)C(=O)O. The molecule has 0 saturated heterocycles. The molecular formula is C13H17ClO3. The van der Waals surface area contributed by atoms with Crippen molar-refractivity contribution in [2.24, 2.45) is 0 Å². The molecular weight excluding hydrogens is 240 g/mol.